The van der Waals surface area contributed by atoms with E-state index in [-0.39, 0.29) is 34.0 Å². The van der Waals surface area contributed by atoms with Crippen LogP contribution in [0.3, 0.4) is 0 Å². The summed E-state index contributed by atoms with van der Waals surface area (Å²) in [6, 6.07) is 9.82. The lowest BCUT2D eigenvalue weighted by Gasteiger charge is -2.36. The molecule has 0 unspecified atom stereocenters. The molecule has 2 heterocycles. The van der Waals surface area contributed by atoms with E-state index in [1.807, 2.05) is 11.0 Å². The minimum Gasteiger partial charge on any atom is -0.496 e. The van der Waals surface area contributed by atoms with Crippen LogP contribution in [0.1, 0.15) is 37.7 Å². The molecule has 3 aromatic rings. The number of benzene rings is 2. The van der Waals surface area contributed by atoms with Crippen LogP contribution in [-0.4, -0.2) is 84.1 Å². The summed E-state index contributed by atoms with van der Waals surface area (Å²) in [5.74, 6) is -0.433. The number of amides is 1. The third-order valence-electron chi connectivity index (χ3n) is 6.70. The first-order valence-electron chi connectivity index (χ1n) is 14.2. The van der Waals surface area contributed by atoms with Crippen LogP contribution in [0.4, 0.5) is 37.0 Å². The van der Waals surface area contributed by atoms with Gasteiger partial charge >= 0.3 is 25.6 Å². The molecule has 2 N–H and O–H groups in total. The molecule has 1 aromatic heterocycles. The van der Waals surface area contributed by atoms with E-state index in [1.54, 1.807) is 25.7 Å². The molecule has 0 spiro atoms. The van der Waals surface area contributed by atoms with Crippen LogP contribution in [0.2, 0.25) is 0 Å². The zero-order valence-corrected chi connectivity index (χ0v) is 26.5. The topological polar surface area (TPSA) is 141 Å². The third-order valence-corrected chi connectivity index (χ3v) is 6.70. The van der Waals surface area contributed by atoms with E-state index >= 15 is 0 Å². The highest BCUT2D eigenvalue weighted by Crippen LogP contribution is 2.39. The molecule has 18 heteroatoms. The lowest BCUT2D eigenvalue weighted by molar-refractivity contribution is -0.139. The first-order chi connectivity index (χ1) is 22.3. The van der Waals surface area contributed by atoms with E-state index in [1.165, 1.54) is 18.2 Å². The molecule has 1 fully saturated rings. The highest BCUT2D eigenvalue weighted by atomic mass is 19.4. The number of nitrogens with zero attached hydrogens (tertiary/aromatic N) is 5. The molecular weight excluding hydrogens is 651 g/mol. The van der Waals surface area contributed by atoms with Gasteiger partial charge in [0.2, 0.25) is 5.82 Å². The average molecular weight is 683 g/mol. The Morgan fingerprint density at radius 1 is 0.854 bits per heavy atom. The van der Waals surface area contributed by atoms with Crippen LogP contribution < -0.4 is 19.8 Å². The van der Waals surface area contributed by atoms with Gasteiger partial charge in [0.15, 0.2) is 0 Å². The van der Waals surface area contributed by atoms with Gasteiger partial charge in [0.25, 0.3) is 0 Å². The van der Waals surface area contributed by atoms with E-state index < -0.39 is 42.3 Å². The number of piperazine rings is 1. The molecule has 0 atom stereocenters. The number of halogens is 6. The number of anilines is 1. The standard InChI is InChI=1S/C22H24F3N5O3.C8H8BF3O3/c1-21(2,3)33-20(31)30-9-7-29(8-10-30)19-12-16(27-18(13-26)28-19)14-5-6-17(32-4)15(11-14)22(23,24)25;1-15-7-3-2-5(9(13)14)4-6(7)8(10,11)12/h5-6,11-12H,7-10H2,1-4H3;2-4,13-14H,1H3. The second-order valence-corrected chi connectivity index (χ2v) is 11.2. The van der Waals surface area contributed by atoms with Crippen molar-refractivity contribution in [1.82, 2.24) is 14.9 Å². The maximum atomic E-state index is 13.4. The van der Waals surface area contributed by atoms with Crippen LogP contribution in [0.25, 0.3) is 11.3 Å². The van der Waals surface area contributed by atoms with Gasteiger partial charge in [-0.2, -0.15) is 31.6 Å². The lowest BCUT2D eigenvalue weighted by atomic mass is 9.79. The maximum absolute atomic E-state index is 13.4. The van der Waals surface area contributed by atoms with Crippen molar-refractivity contribution >= 4 is 24.5 Å². The fraction of sp³-hybridized carbons (Fsp3) is 0.400. The number of nitriles is 1. The number of hydrogen-bond acceptors (Lipinski definition) is 10. The maximum Gasteiger partial charge on any atom is 0.488 e. The zero-order chi connectivity index (χ0) is 36.0. The minimum atomic E-state index is -4.62. The largest absolute Gasteiger partial charge is 0.496 e. The second kappa shape index (κ2) is 15.0. The summed E-state index contributed by atoms with van der Waals surface area (Å²) < 4.78 is 92.4. The monoisotopic (exact) mass is 683 g/mol. The van der Waals surface area contributed by atoms with Crippen molar-refractivity contribution in [1.29, 1.82) is 5.26 Å². The summed E-state index contributed by atoms with van der Waals surface area (Å²) in [4.78, 5) is 24.0. The minimum absolute atomic E-state index is 0.165. The number of hydrogen-bond donors (Lipinski definition) is 2. The Morgan fingerprint density at radius 3 is 1.88 bits per heavy atom. The number of methoxy groups -OCH3 is 2. The first kappa shape index (κ1) is 37.7. The van der Waals surface area contributed by atoms with Crippen molar-refractivity contribution in [2.24, 2.45) is 0 Å². The third kappa shape index (κ3) is 9.88. The highest BCUT2D eigenvalue weighted by molar-refractivity contribution is 6.58. The van der Waals surface area contributed by atoms with Crippen LogP contribution in [-0.2, 0) is 17.1 Å². The van der Waals surface area contributed by atoms with Gasteiger partial charge in [0.05, 0.1) is 31.0 Å². The fourth-order valence-corrected chi connectivity index (χ4v) is 4.44. The quantitative estimate of drug-likeness (QED) is 0.292. The Labute approximate surface area is 272 Å². The zero-order valence-electron chi connectivity index (χ0n) is 26.5. The van der Waals surface area contributed by atoms with Gasteiger partial charge in [-0.05, 0) is 56.6 Å². The van der Waals surface area contributed by atoms with Crippen molar-refractivity contribution in [2.75, 3.05) is 45.3 Å². The van der Waals surface area contributed by atoms with E-state index in [0.29, 0.717) is 38.1 Å². The molecule has 0 aliphatic carbocycles. The molecule has 11 nitrogen and oxygen atoms in total. The summed E-state index contributed by atoms with van der Waals surface area (Å²) in [6.07, 6.45) is -9.62. The summed E-state index contributed by atoms with van der Waals surface area (Å²) in [5, 5.41) is 26.8. The normalized spacial score (nSPS) is 13.6. The number of carbonyl (C=O) groups is 1. The summed E-state index contributed by atoms with van der Waals surface area (Å²) >= 11 is 0. The Morgan fingerprint density at radius 2 is 1.40 bits per heavy atom. The second-order valence-electron chi connectivity index (χ2n) is 11.2. The number of carbonyl (C=O) groups excluding carboxylic acids is 1. The average Bonchev–Trinajstić information content (AvgIpc) is 3.02. The Kier molecular flexibility index (Phi) is 11.8. The van der Waals surface area contributed by atoms with Gasteiger partial charge in [0, 0.05) is 37.8 Å². The summed E-state index contributed by atoms with van der Waals surface area (Å²) in [6.45, 7) is 6.94. The van der Waals surface area contributed by atoms with Gasteiger partial charge in [-0.15, -0.1) is 0 Å². The fourth-order valence-electron chi connectivity index (χ4n) is 4.44. The van der Waals surface area contributed by atoms with E-state index in [9.17, 15) is 36.4 Å². The molecule has 1 saturated heterocycles. The molecule has 1 amide bonds. The first-order valence-corrected chi connectivity index (χ1v) is 14.2. The number of ether oxygens (including phenoxy) is 3. The predicted octanol–water partition coefficient (Wildman–Crippen LogP) is 4.49. The number of rotatable bonds is 5. The number of aromatic nitrogens is 2. The van der Waals surface area contributed by atoms with Gasteiger partial charge in [-0.1, -0.05) is 6.07 Å². The molecule has 1 aliphatic heterocycles. The van der Waals surface area contributed by atoms with Crippen LogP contribution in [0.15, 0.2) is 42.5 Å². The van der Waals surface area contributed by atoms with E-state index in [0.717, 1.165) is 32.4 Å². The van der Waals surface area contributed by atoms with Crippen molar-refractivity contribution in [2.45, 2.75) is 38.7 Å². The Balaban J connectivity index is 0.000000348. The SMILES string of the molecule is COc1ccc(-c2cc(N3CCN(C(=O)OC(C)(C)C)CC3)nc(C#N)n2)cc1C(F)(F)F.COc1ccc(B(O)O)cc1C(F)(F)F. The molecule has 0 saturated carbocycles. The smallest absolute Gasteiger partial charge is 0.488 e. The van der Waals surface area contributed by atoms with Gasteiger partial charge in [-0.3, -0.25) is 0 Å². The molecule has 48 heavy (non-hydrogen) atoms. The molecular formula is C30H32BF6N5O6. The van der Waals surface area contributed by atoms with E-state index in [4.69, 9.17) is 19.5 Å². The van der Waals surface area contributed by atoms with Gasteiger partial charge in [-0.25, -0.2) is 14.8 Å². The molecule has 2 aromatic carbocycles. The van der Waals surface area contributed by atoms with Crippen LogP contribution in [0, 0.1) is 11.3 Å². The number of alkyl halides is 6. The molecule has 4 rings (SSSR count). The van der Waals surface area contributed by atoms with Crippen LogP contribution >= 0.6 is 0 Å². The predicted molar refractivity (Wildman–Crippen MR) is 162 cm³/mol. The van der Waals surface area contributed by atoms with Crippen molar-refractivity contribution < 1.29 is 55.4 Å². The summed E-state index contributed by atoms with van der Waals surface area (Å²) in [7, 11) is 0.342. The molecule has 0 bridgehead atoms. The van der Waals surface area contributed by atoms with Crippen molar-refractivity contribution in [3.8, 4) is 28.8 Å². The Hall–Kier alpha value is -4.76. The highest BCUT2D eigenvalue weighted by Gasteiger charge is 2.36. The van der Waals surface area contributed by atoms with Crippen molar-refractivity contribution in [3.05, 3.63) is 59.4 Å². The molecule has 258 valence electrons. The molecule has 0 radical (unpaired) electrons. The van der Waals surface area contributed by atoms with E-state index in [2.05, 4.69) is 14.7 Å². The lowest BCUT2D eigenvalue weighted by Crippen LogP contribution is -2.50. The summed E-state index contributed by atoms with van der Waals surface area (Å²) in [5.41, 5.74) is -2.45. The van der Waals surface area contributed by atoms with Gasteiger partial charge in [0.1, 0.15) is 29.0 Å². The van der Waals surface area contributed by atoms with Gasteiger partial charge < -0.3 is 34.1 Å². The Bertz CT molecular complexity index is 1630. The van der Waals surface area contributed by atoms with Crippen LogP contribution in [0.5, 0.6) is 11.5 Å². The van der Waals surface area contributed by atoms with Crippen molar-refractivity contribution in [3.63, 3.8) is 0 Å². The molecule has 1 aliphatic rings.